The van der Waals surface area contributed by atoms with E-state index in [9.17, 15) is 9.18 Å². The molecule has 0 N–H and O–H groups in total. The number of hydrogen-bond donors (Lipinski definition) is 0. The van der Waals surface area contributed by atoms with Crippen LogP contribution in [0.4, 0.5) is 4.39 Å². The molecule has 1 heterocycles. The highest BCUT2D eigenvalue weighted by Gasteiger charge is 2.30. The zero-order valence-corrected chi connectivity index (χ0v) is 11.1. The summed E-state index contributed by atoms with van der Waals surface area (Å²) in [4.78, 5) is 16.9. The van der Waals surface area contributed by atoms with Crippen molar-refractivity contribution in [1.29, 1.82) is 0 Å². The summed E-state index contributed by atoms with van der Waals surface area (Å²) in [6.45, 7) is 0. The van der Waals surface area contributed by atoms with Crippen LogP contribution in [0.25, 0.3) is 0 Å². The van der Waals surface area contributed by atoms with Gasteiger partial charge in [0.25, 0.3) is 0 Å². The number of fused-ring (bicyclic) bond motifs is 1. The third-order valence-electron chi connectivity index (χ3n) is 3.71. The third kappa shape index (κ3) is 2.07. The average molecular weight is 271 g/mol. The van der Waals surface area contributed by atoms with Crippen molar-refractivity contribution in [1.82, 2.24) is 4.98 Å². The van der Waals surface area contributed by atoms with Gasteiger partial charge in [0.05, 0.1) is 18.7 Å². The number of carbonyl (C=O) groups excluding carboxylic acids is 1. The van der Waals surface area contributed by atoms with Crippen LogP contribution < -0.4 is 4.74 Å². The first-order valence-electron chi connectivity index (χ1n) is 6.52. The van der Waals surface area contributed by atoms with Crippen molar-refractivity contribution in [3.8, 4) is 5.75 Å². The minimum Gasteiger partial charge on any atom is -0.494 e. The van der Waals surface area contributed by atoms with Gasteiger partial charge in [-0.25, -0.2) is 4.39 Å². The molecule has 3 nitrogen and oxygen atoms in total. The van der Waals surface area contributed by atoms with Gasteiger partial charge >= 0.3 is 0 Å². The summed E-state index contributed by atoms with van der Waals surface area (Å²) in [6.07, 6.45) is 3.32. The first-order valence-corrected chi connectivity index (χ1v) is 6.52. The number of rotatable bonds is 3. The number of carbonyl (C=O) groups is 1. The van der Waals surface area contributed by atoms with Gasteiger partial charge in [-0.3, -0.25) is 9.78 Å². The number of pyridine rings is 1. The van der Waals surface area contributed by atoms with E-state index < -0.39 is 5.82 Å². The number of ether oxygens (including phenoxy) is 1. The van der Waals surface area contributed by atoms with Crippen molar-refractivity contribution in [2.45, 2.75) is 18.8 Å². The largest absolute Gasteiger partial charge is 0.494 e. The molecule has 20 heavy (non-hydrogen) atoms. The lowest BCUT2D eigenvalue weighted by atomic mass is 9.95. The van der Waals surface area contributed by atoms with Crippen LogP contribution in [-0.2, 0) is 6.42 Å². The van der Waals surface area contributed by atoms with E-state index in [2.05, 4.69) is 4.98 Å². The monoisotopic (exact) mass is 271 g/mol. The number of methoxy groups -OCH3 is 1. The maximum absolute atomic E-state index is 13.4. The zero-order chi connectivity index (χ0) is 14.1. The number of benzene rings is 1. The Bertz CT molecular complexity index is 669. The lowest BCUT2D eigenvalue weighted by Gasteiger charge is -2.11. The highest BCUT2D eigenvalue weighted by Crippen LogP contribution is 2.34. The highest BCUT2D eigenvalue weighted by molar-refractivity contribution is 6.01. The molecule has 1 aliphatic rings. The van der Waals surface area contributed by atoms with E-state index in [1.54, 1.807) is 6.20 Å². The number of nitrogens with zero attached hydrogens (tertiary/aromatic N) is 1. The SMILES string of the molecule is COc1cc(C(=O)C2CCc3cccnc32)ccc1F. The molecule has 0 saturated heterocycles. The van der Waals surface area contributed by atoms with Gasteiger partial charge in [0.2, 0.25) is 0 Å². The molecule has 2 aromatic rings. The summed E-state index contributed by atoms with van der Waals surface area (Å²) in [7, 11) is 1.39. The summed E-state index contributed by atoms with van der Waals surface area (Å²) in [5.41, 5.74) is 2.44. The Hall–Kier alpha value is -2.23. The lowest BCUT2D eigenvalue weighted by molar-refractivity contribution is 0.0957. The highest BCUT2D eigenvalue weighted by atomic mass is 19.1. The van der Waals surface area contributed by atoms with Crippen LogP contribution in [-0.4, -0.2) is 17.9 Å². The Labute approximate surface area is 116 Å². The van der Waals surface area contributed by atoms with E-state index in [1.165, 1.54) is 25.3 Å². The summed E-state index contributed by atoms with van der Waals surface area (Å²) in [5.74, 6) is -0.633. The molecule has 0 spiro atoms. The Morgan fingerprint density at radius 2 is 2.25 bits per heavy atom. The number of hydrogen-bond acceptors (Lipinski definition) is 3. The normalized spacial score (nSPS) is 16.8. The van der Waals surface area contributed by atoms with Crippen LogP contribution in [0.15, 0.2) is 36.5 Å². The Morgan fingerprint density at radius 3 is 3.05 bits per heavy atom. The van der Waals surface area contributed by atoms with Crippen LogP contribution in [0, 0.1) is 5.82 Å². The van der Waals surface area contributed by atoms with Crippen molar-refractivity contribution in [2.24, 2.45) is 0 Å². The molecule has 1 aromatic carbocycles. The first kappa shape index (κ1) is 12.8. The second kappa shape index (κ2) is 5.04. The molecule has 102 valence electrons. The van der Waals surface area contributed by atoms with Crippen LogP contribution >= 0.6 is 0 Å². The molecule has 0 radical (unpaired) electrons. The molecule has 0 aliphatic heterocycles. The zero-order valence-electron chi connectivity index (χ0n) is 11.1. The van der Waals surface area contributed by atoms with Crippen molar-refractivity contribution in [3.05, 3.63) is 59.2 Å². The Morgan fingerprint density at radius 1 is 1.40 bits per heavy atom. The third-order valence-corrected chi connectivity index (χ3v) is 3.71. The fourth-order valence-corrected chi connectivity index (χ4v) is 2.68. The molecule has 0 bridgehead atoms. The van der Waals surface area contributed by atoms with E-state index in [1.807, 2.05) is 12.1 Å². The van der Waals surface area contributed by atoms with Gasteiger partial charge in [-0.15, -0.1) is 0 Å². The molecule has 0 amide bonds. The van der Waals surface area contributed by atoms with E-state index in [0.29, 0.717) is 5.56 Å². The van der Waals surface area contributed by atoms with Gasteiger partial charge in [-0.1, -0.05) is 6.07 Å². The maximum atomic E-state index is 13.4. The number of ketones is 1. The summed E-state index contributed by atoms with van der Waals surface area (Å²) >= 11 is 0. The smallest absolute Gasteiger partial charge is 0.172 e. The average Bonchev–Trinajstić information content (AvgIpc) is 2.91. The molecular formula is C16H14FNO2. The fraction of sp³-hybridized carbons (Fsp3) is 0.250. The molecule has 1 atom stereocenters. The number of aromatic nitrogens is 1. The van der Waals surface area contributed by atoms with Gasteiger partial charge in [-0.2, -0.15) is 0 Å². The minimum absolute atomic E-state index is 0.0271. The van der Waals surface area contributed by atoms with Crippen LogP contribution in [0.5, 0.6) is 5.75 Å². The second-order valence-electron chi connectivity index (χ2n) is 4.85. The lowest BCUT2D eigenvalue weighted by Crippen LogP contribution is -2.11. The summed E-state index contributed by atoms with van der Waals surface area (Å²) < 4.78 is 18.3. The van der Waals surface area contributed by atoms with E-state index in [4.69, 9.17) is 4.74 Å². The van der Waals surface area contributed by atoms with Crippen molar-refractivity contribution < 1.29 is 13.9 Å². The Balaban J connectivity index is 1.94. The fourth-order valence-electron chi connectivity index (χ4n) is 2.68. The van der Waals surface area contributed by atoms with Crippen molar-refractivity contribution in [3.63, 3.8) is 0 Å². The molecule has 4 heteroatoms. The topological polar surface area (TPSA) is 39.2 Å². The molecule has 0 fully saturated rings. The van der Waals surface area contributed by atoms with Gasteiger partial charge in [0, 0.05) is 11.8 Å². The van der Waals surface area contributed by atoms with Crippen LogP contribution in [0.2, 0.25) is 0 Å². The molecule has 0 saturated carbocycles. The van der Waals surface area contributed by atoms with Gasteiger partial charge in [0.15, 0.2) is 17.3 Å². The molecule has 1 aliphatic carbocycles. The summed E-state index contributed by atoms with van der Waals surface area (Å²) in [6, 6.07) is 8.10. The van der Waals surface area contributed by atoms with Gasteiger partial charge in [0.1, 0.15) is 0 Å². The molecule has 1 unspecified atom stereocenters. The van der Waals surface area contributed by atoms with Crippen LogP contribution in [0.3, 0.4) is 0 Å². The molecule has 3 rings (SSSR count). The predicted molar refractivity (Wildman–Crippen MR) is 72.6 cm³/mol. The van der Waals surface area contributed by atoms with Crippen LogP contribution in [0.1, 0.15) is 34.0 Å². The minimum atomic E-state index is -0.464. The first-order chi connectivity index (χ1) is 9.70. The maximum Gasteiger partial charge on any atom is 0.172 e. The van der Waals surface area contributed by atoms with Crippen molar-refractivity contribution in [2.75, 3.05) is 7.11 Å². The molecule has 1 aromatic heterocycles. The predicted octanol–water partition coefficient (Wildman–Crippen LogP) is 3.14. The van der Waals surface area contributed by atoms with E-state index in [0.717, 1.165) is 24.1 Å². The van der Waals surface area contributed by atoms with Gasteiger partial charge in [-0.05, 0) is 42.7 Å². The van der Waals surface area contributed by atoms with E-state index in [-0.39, 0.29) is 17.5 Å². The standard InChI is InChI=1S/C16H14FNO2/c1-20-14-9-11(5-7-13(14)17)16(19)12-6-4-10-3-2-8-18-15(10)12/h2-3,5,7-9,12H,4,6H2,1H3. The quantitative estimate of drug-likeness (QED) is 0.805. The second-order valence-corrected chi connectivity index (χ2v) is 4.85. The number of aryl methyl sites for hydroxylation is 1. The summed E-state index contributed by atoms with van der Waals surface area (Å²) in [5, 5.41) is 0. The van der Waals surface area contributed by atoms with E-state index >= 15 is 0 Å². The number of halogens is 1. The number of Topliss-reactive ketones (excluding diaryl/α,β-unsaturated/α-hetero) is 1. The molecular weight excluding hydrogens is 257 g/mol. The van der Waals surface area contributed by atoms with Gasteiger partial charge < -0.3 is 4.74 Å². The Kier molecular flexibility index (Phi) is 3.22. The van der Waals surface area contributed by atoms with Crippen molar-refractivity contribution >= 4 is 5.78 Å².